The van der Waals surface area contributed by atoms with E-state index in [1.165, 1.54) is 12.8 Å². The molecule has 5 nitrogen and oxygen atoms in total. The summed E-state index contributed by atoms with van der Waals surface area (Å²) in [6.45, 7) is 2.43. The SMILES string of the molecule is O=S(=O)(N[C@H]1C[C@H]2CO[C@@H](C3CC3)CN2C1)c1ccc(Cl)cc1. The third kappa shape index (κ3) is 3.42. The van der Waals surface area contributed by atoms with Gasteiger partial charge >= 0.3 is 0 Å². The first kappa shape index (κ1) is 15.8. The lowest BCUT2D eigenvalue weighted by Crippen LogP contribution is -2.47. The largest absolute Gasteiger partial charge is 0.375 e. The molecule has 1 N–H and O–H groups in total. The Bertz CT molecular complexity index is 675. The van der Waals surface area contributed by atoms with E-state index in [2.05, 4.69) is 9.62 Å². The summed E-state index contributed by atoms with van der Waals surface area (Å²) in [5.41, 5.74) is 0. The summed E-state index contributed by atoms with van der Waals surface area (Å²) in [7, 11) is -3.50. The van der Waals surface area contributed by atoms with Crippen LogP contribution in [0.15, 0.2) is 29.2 Å². The van der Waals surface area contributed by atoms with Crippen LogP contribution in [0.1, 0.15) is 19.3 Å². The number of halogens is 1. The molecule has 0 unspecified atom stereocenters. The Labute approximate surface area is 142 Å². The second kappa shape index (κ2) is 6.01. The molecule has 0 aromatic heterocycles. The smallest absolute Gasteiger partial charge is 0.240 e. The quantitative estimate of drug-likeness (QED) is 0.894. The summed E-state index contributed by atoms with van der Waals surface area (Å²) in [5, 5.41) is 0.533. The van der Waals surface area contributed by atoms with Gasteiger partial charge in [-0.1, -0.05) is 11.6 Å². The third-order valence-corrected chi connectivity index (χ3v) is 6.83. The number of nitrogens with zero attached hydrogens (tertiary/aromatic N) is 1. The van der Waals surface area contributed by atoms with Gasteiger partial charge in [0.15, 0.2) is 0 Å². The van der Waals surface area contributed by atoms with Crippen LogP contribution in [0.5, 0.6) is 0 Å². The van der Waals surface area contributed by atoms with Crippen molar-refractivity contribution in [3.05, 3.63) is 29.3 Å². The number of morpholine rings is 1. The van der Waals surface area contributed by atoms with Crippen molar-refractivity contribution in [2.45, 2.75) is 42.3 Å². The van der Waals surface area contributed by atoms with Crippen LogP contribution in [0.25, 0.3) is 0 Å². The molecular weight excluding hydrogens is 336 g/mol. The van der Waals surface area contributed by atoms with Gasteiger partial charge in [0.05, 0.1) is 17.6 Å². The summed E-state index contributed by atoms with van der Waals surface area (Å²) in [5.74, 6) is 0.723. The van der Waals surface area contributed by atoms with Crippen molar-refractivity contribution in [3.8, 4) is 0 Å². The maximum absolute atomic E-state index is 12.5. The van der Waals surface area contributed by atoms with Gasteiger partial charge in [0.25, 0.3) is 0 Å². The van der Waals surface area contributed by atoms with Crippen LogP contribution in [0, 0.1) is 5.92 Å². The zero-order valence-electron chi connectivity index (χ0n) is 12.8. The van der Waals surface area contributed by atoms with Gasteiger partial charge in [-0.3, -0.25) is 4.90 Å². The molecule has 23 heavy (non-hydrogen) atoms. The predicted octanol–water partition coefficient (Wildman–Crippen LogP) is 1.87. The molecule has 0 amide bonds. The highest BCUT2D eigenvalue weighted by Crippen LogP contribution is 2.38. The van der Waals surface area contributed by atoms with Crippen LogP contribution in [0.2, 0.25) is 5.02 Å². The molecule has 1 saturated carbocycles. The van der Waals surface area contributed by atoms with Crippen molar-refractivity contribution < 1.29 is 13.2 Å². The summed E-state index contributed by atoms with van der Waals surface area (Å²) in [6, 6.07) is 6.56. The van der Waals surface area contributed by atoms with E-state index in [-0.39, 0.29) is 10.9 Å². The molecule has 0 bridgehead atoms. The van der Waals surface area contributed by atoms with Gasteiger partial charge in [0.2, 0.25) is 10.0 Å². The minimum Gasteiger partial charge on any atom is -0.375 e. The molecule has 1 aromatic rings. The molecule has 3 aliphatic rings. The molecule has 0 radical (unpaired) electrons. The summed E-state index contributed by atoms with van der Waals surface area (Å²) in [4.78, 5) is 2.65. The van der Waals surface area contributed by atoms with Gasteiger partial charge in [-0.15, -0.1) is 0 Å². The fourth-order valence-electron chi connectivity index (χ4n) is 3.64. The molecule has 2 aliphatic heterocycles. The van der Waals surface area contributed by atoms with Crippen LogP contribution < -0.4 is 4.72 Å². The molecular formula is C16H21ClN2O3S. The minimum absolute atomic E-state index is 0.0535. The van der Waals surface area contributed by atoms with E-state index in [4.69, 9.17) is 16.3 Å². The van der Waals surface area contributed by atoms with E-state index in [0.717, 1.165) is 32.0 Å². The maximum Gasteiger partial charge on any atom is 0.240 e. The molecule has 1 aliphatic carbocycles. The van der Waals surface area contributed by atoms with Gasteiger partial charge < -0.3 is 4.74 Å². The molecule has 2 heterocycles. The average Bonchev–Trinajstić information content (AvgIpc) is 3.28. The number of hydrogen-bond acceptors (Lipinski definition) is 4. The lowest BCUT2D eigenvalue weighted by Gasteiger charge is -2.35. The lowest BCUT2D eigenvalue weighted by atomic mass is 10.1. The number of fused-ring (bicyclic) bond motifs is 1. The maximum atomic E-state index is 12.5. The van der Waals surface area contributed by atoms with Crippen molar-refractivity contribution in [2.24, 2.45) is 5.92 Å². The molecule has 4 rings (SSSR count). The first-order valence-electron chi connectivity index (χ1n) is 8.15. The number of sulfonamides is 1. The Morgan fingerprint density at radius 2 is 1.91 bits per heavy atom. The number of ether oxygens (including phenoxy) is 1. The first-order chi connectivity index (χ1) is 11.0. The first-order valence-corrected chi connectivity index (χ1v) is 10.0. The Morgan fingerprint density at radius 1 is 1.17 bits per heavy atom. The van der Waals surface area contributed by atoms with Gasteiger partial charge in [0, 0.05) is 30.2 Å². The molecule has 0 spiro atoms. The Hall–Kier alpha value is -0.660. The fraction of sp³-hybridized carbons (Fsp3) is 0.625. The average molecular weight is 357 g/mol. The standard InChI is InChI=1S/C16H21ClN2O3S/c17-12-3-5-15(6-4-12)23(20,21)18-13-7-14-10-22-16(11-1-2-11)9-19(14)8-13/h3-6,11,13-14,16,18H,1-2,7-10H2/t13-,14-,16+/m0/s1. The molecule has 3 atom stereocenters. The van der Waals surface area contributed by atoms with Crippen molar-refractivity contribution in [2.75, 3.05) is 19.7 Å². The third-order valence-electron chi connectivity index (χ3n) is 5.04. The Kier molecular flexibility index (Phi) is 4.14. The highest BCUT2D eigenvalue weighted by atomic mass is 35.5. The van der Waals surface area contributed by atoms with Crippen molar-refractivity contribution in [1.29, 1.82) is 0 Å². The van der Waals surface area contributed by atoms with Crippen molar-refractivity contribution >= 4 is 21.6 Å². The van der Waals surface area contributed by atoms with E-state index in [1.54, 1.807) is 24.3 Å². The van der Waals surface area contributed by atoms with Crippen LogP contribution >= 0.6 is 11.6 Å². The zero-order chi connectivity index (χ0) is 16.0. The van der Waals surface area contributed by atoms with Crippen molar-refractivity contribution in [3.63, 3.8) is 0 Å². The molecule has 1 aromatic carbocycles. The normalized spacial score (nSPS) is 32.0. The highest BCUT2D eigenvalue weighted by molar-refractivity contribution is 7.89. The molecule has 3 fully saturated rings. The topological polar surface area (TPSA) is 58.6 Å². The second-order valence-electron chi connectivity index (χ2n) is 6.82. The number of hydrogen-bond donors (Lipinski definition) is 1. The Balaban J connectivity index is 1.40. The highest BCUT2D eigenvalue weighted by Gasteiger charge is 2.43. The van der Waals surface area contributed by atoms with E-state index < -0.39 is 10.0 Å². The zero-order valence-corrected chi connectivity index (χ0v) is 14.4. The minimum atomic E-state index is -3.50. The molecule has 2 saturated heterocycles. The summed E-state index contributed by atoms with van der Waals surface area (Å²) in [6.07, 6.45) is 3.70. The van der Waals surface area contributed by atoms with Crippen LogP contribution in [0.4, 0.5) is 0 Å². The summed E-state index contributed by atoms with van der Waals surface area (Å²) >= 11 is 5.82. The van der Waals surface area contributed by atoms with Crippen molar-refractivity contribution in [1.82, 2.24) is 9.62 Å². The van der Waals surface area contributed by atoms with Gasteiger partial charge in [-0.25, -0.2) is 13.1 Å². The van der Waals surface area contributed by atoms with Gasteiger partial charge in [0.1, 0.15) is 0 Å². The Morgan fingerprint density at radius 3 is 2.61 bits per heavy atom. The molecule has 7 heteroatoms. The van der Waals surface area contributed by atoms with Crippen LogP contribution in [-0.2, 0) is 14.8 Å². The number of benzene rings is 1. The fourth-order valence-corrected chi connectivity index (χ4v) is 5.01. The summed E-state index contributed by atoms with van der Waals surface area (Å²) < 4.78 is 33.8. The lowest BCUT2D eigenvalue weighted by molar-refractivity contribution is -0.0581. The number of rotatable bonds is 4. The van der Waals surface area contributed by atoms with Gasteiger partial charge in [-0.05, 0) is 49.4 Å². The van der Waals surface area contributed by atoms with E-state index >= 15 is 0 Å². The molecule has 126 valence electrons. The van der Waals surface area contributed by atoms with Gasteiger partial charge in [-0.2, -0.15) is 0 Å². The predicted molar refractivity (Wildman–Crippen MR) is 88.0 cm³/mol. The van der Waals surface area contributed by atoms with Crippen LogP contribution in [0.3, 0.4) is 0 Å². The monoisotopic (exact) mass is 356 g/mol. The number of nitrogens with one attached hydrogen (secondary N) is 1. The van der Waals surface area contributed by atoms with E-state index in [0.29, 0.717) is 17.2 Å². The second-order valence-corrected chi connectivity index (χ2v) is 8.98. The van der Waals surface area contributed by atoms with E-state index in [1.807, 2.05) is 0 Å². The van der Waals surface area contributed by atoms with Crippen LogP contribution in [-0.4, -0.2) is 51.2 Å². The van der Waals surface area contributed by atoms with E-state index in [9.17, 15) is 8.42 Å².